The summed E-state index contributed by atoms with van der Waals surface area (Å²) >= 11 is 14.0. The molecule has 1 aliphatic rings. The minimum absolute atomic E-state index is 0.0339. The van der Waals surface area contributed by atoms with Gasteiger partial charge in [0.1, 0.15) is 21.4 Å². The molecule has 2 aromatic rings. The molecule has 0 N–H and O–H groups in total. The number of fused-ring (bicyclic) bond motifs is 1. The number of halogens is 2. The van der Waals surface area contributed by atoms with Crippen LogP contribution in [0.15, 0.2) is 51.4 Å². The van der Waals surface area contributed by atoms with E-state index < -0.39 is 11.4 Å². The number of ether oxygens (including phenoxy) is 1. The summed E-state index contributed by atoms with van der Waals surface area (Å²) in [4.78, 5) is 15.5. The number of thiocarbonyl (C=S) groups is 1. The highest BCUT2D eigenvalue weighted by molar-refractivity contribution is 9.11. The van der Waals surface area contributed by atoms with Gasteiger partial charge < -0.3 is 9.64 Å². The zero-order valence-corrected chi connectivity index (χ0v) is 19.8. The molecule has 2 aromatic carbocycles. The molecule has 0 saturated heterocycles. The van der Waals surface area contributed by atoms with E-state index in [1.54, 1.807) is 0 Å². The number of hydrogen-bond donors (Lipinski definition) is 0. The van der Waals surface area contributed by atoms with Crippen molar-refractivity contribution in [3.63, 3.8) is 0 Å². The third-order valence-electron chi connectivity index (χ3n) is 4.43. The highest BCUT2D eigenvalue weighted by atomic mass is 79.9. The van der Waals surface area contributed by atoms with Gasteiger partial charge in [0.2, 0.25) is 0 Å². The molecule has 1 heterocycles. The van der Waals surface area contributed by atoms with Crippen LogP contribution in [0.25, 0.3) is 0 Å². The van der Waals surface area contributed by atoms with Gasteiger partial charge in [-0.25, -0.2) is 0 Å². The molecule has 7 heteroatoms. The number of thioether (sulfide) groups is 1. The highest BCUT2D eigenvalue weighted by Crippen LogP contribution is 2.45. The largest absolute Gasteiger partial charge is 0.482 e. The molecule has 27 heavy (non-hydrogen) atoms. The van der Waals surface area contributed by atoms with Gasteiger partial charge >= 0.3 is 0 Å². The lowest BCUT2D eigenvalue weighted by molar-refractivity contribution is 0.0866. The molecule has 1 aliphatic heterocycles. The summed E-state index contributed by atoms with van der Waals surface area (Å²) < 4.78 is 8.66. The van der Waals surface area contributed by atoms with Gasteiger partial charge in [0.05, 0.1) is 10.0 Å². The van der Waals surface area contributed by atoms with Gasteiger partial charge in [-0.3, -0.25) is 4.79 Å². The Morgan fingerprint density at radius 3 is 2.48 bits per heavy atom. The molecule has 3 nitrogen and oxygen atoms in total. The van der Waals surface area contributed by atoms with Crippen molar-refractivity contribution in [2.75, 3.05) is 13.1 Å². The van der Waals surface area contributed by atoms with Crippen LogP contribution in [0.3, 0.4) is 0 Å². The number of rotatable bonds is 4. The Bertz CT molecular complexity index is 857. The molecule has 0 aromatic heterocycles. The minimum atomic E-state index is -0.436. The van der Waals surface area contributed by atoms with E-state index in [2.05, 4.69) is 50.6 Å². The molecule has 0 aliphatic carbocycles. The van der Waals surface area contributed by atoms with E-state index in [1.807, 2.05) is 42.5 Å². The van der Waals surface area contributed by atoms with Crippen LogP contribution in [0.5, 0.6) is 5.75 Å². The summed E-state index contributed by atoms with van der Waals surface area (Å²) in [5, 5.41) is -0.436. The normalized spacial score (nSPS) is 18.6. The lowest BCUT2D eigenvalue weighted by atomic mass is 9.96. The smallest absolute Gasteiger partial charge is 0.184 e. The van der Waals surface area contributed by atoms with E-state index >= 15 is 0 Å². The van der Waals surface area contributed by atoms with E-state index in [-0.39, 0.29) is 5.78 Å². The van der Waals surface area contributed by atoms with Crippen LogP contribution in [-0.4, -0.2) is 33.3 Å². The zero-order valence-electron chi connectivity index (χ0n) is 14.9. The third kappa shape index (κ3) is 4.42. The Hall–Kier alpha value is -0.890. The number of carbonyl (C=O) groups is 1. The van der Waals surface area contributed by atoms with Crippen LogP contribution in [-0.2, 0) is 0 Å². The third-order valence-corrected chi connectivity index (χ3v) is 7.20. The lowest BCUT2D eigenvalue weighted by Crippen LogP contribution is -2.37. The predicted molar refractivity (Wildman–Crippen MR) is 123 cm³/mol. The maximum Gasteiger partial charge on any atom is 0.184 e. The first-order valence-electron chi connectivity index (χ1n) is 8.66. The standard InChI is InChI=1S/C20H19Br2NO2S2/c1-3-23(4-2)20(26)27-19-16(24)14-10-13(21)11-15(22)18(14)25-17(19)12-8-6-5-7-9-12/h5-11,17,19H,3-4H2,1-2H3/t17-,19+/m1/s1. The maximum absolute atomic E-state index is 13.4. The first-order chi connectivity index (χ1) is 13.0. The number of benzene rings is 2. The molecule has 0 fully saturated rings. The summed E-state index contributed by atoms with van der Waals surface area (Å²) in [7, 11) is 0. The van der Waals surface area contributed by atoms with Gasteiger partial charge in [0.15, 0.2) is 5.78 Å². The van der Waals surface area contributed by atoms with Gasteiger partial charge in [0, 0.05) is 17.6 Å². The second-order valence-corrected chi connectivity index (χ2v) is 9.60. The van der Waals surface area contributed by atoms with Crippen molar-refractivity contribution in [3.8, 4) is 5.75 Å². The van der Waals surface area contributed by atoms with E-state index in [0.717, 1.165) is 31.9 Å². The van der Waals surface area contributed by atoms with Gasteiger partial charge in [-0.05, 0) is 47.5 Å². The molecular weight excluding hydrogens is 510 g/mol. The first-order valence-corrected chi connectivity index (χ1v) is 11.5. The fourth-order valence-electron chi connectivity index (χ4n) is 3.01. The van der Waals surface area contributed by atoms with Gasteiger partial charge in [-0.2, -0.15) is 0 Å². The summed E-state index contributed by atoms with van der Waals surface area (Å²) in [6.45, 7) is 5.75. The van der Waals surface area contributed by atoms with Crippen molar-refractivity contribution in [3.05, 3.63) is 62.5 Å². The Morgan fingerprint density at radius 2 is 1.85 bits per heavy atom. The highest BCUT2D eigenvalue weighted by Gasteiger charge is 2.41. The van der Waals surface area contributed by atoms with Gasteiger partial charge in [0.25, 0.3) is 0 Å². The lowest BCUT2D eigenvalue weighted by Gasteiger charge is -2.34. The van der Waals surface area contributed by atoms with Crippen molar-refractivity contribution < 1.29 is 9.53 Å². The van der Waals surface area contributed by atoms with Crippen LogP contribution in [0, 0.1) is 0 Å². The zero-order chi connectivity index (χ0) is 19.6. The van der Waals surface area contributed by atoms with E-state index in [0.29, 0.717) is 11.3 Å². The van der Waals surface area contributed by atoms with E-state index in [1.165, 1.54) is 11.8 Å². The average molecular weight is 529 g/mol. The molecule has 0 radical (unpaired) electrons. The molecule has 0 amide bonds. The van der Waals surface area contributed by atoms with Crippen molar-refractivity contribution >= 4 is 65.9 Å². The second-order valence-electron chi connectivity index (χ2n) is 6.05. The molecular formula is C20H19Br2NO2S2. The minimum Gasteiger partial charge on any atom is -0.482 e. The van der Waals surface area contributed by atoms with Gasteiger partial charge in [-0.1, -0.05) is 70.2 Å². The quantitative estimate of drug-likeness (QED) is 0.437. The molecule has 142 valence electrons. The van der Waals surface area contributed by atoms with Crippen LogP contribution < -0.4 is 4.74 Å². The van der Waals surface area contributed by atoms with Crippen molar-refractivity contribution in [1.82, 2.24) is 4.90 Å². The fourth-order valence-corrected chi connectivity index (χ4v) is 6.09. The second kappa shape index (κ2) is 9.07. The molecule has 3 rings (SSSR count). The first kappa shape index (κ1) is 20.8. The Kier molecular flexibility index (Phi) is 7.00. The average Bonchev–Trinajstić information content (AvgIpc) is 2.66. The summed E-state index contributed by atoms with van der Waals surface area (Å²) in [6, 6.07) is 13.6. The Morgan fingerprint density at radius 1 is 1.19 bits per heavy atom. The van der Waals surface area contributed by atoms with Crippen LogP contribution >= 0.6 is 55.8 Å². The van der Waals surface area contributed by atoms with E-state index in [9.17, 15) is 4.79 Å². The van der Waals surface area contributed by atoms with Gasteiger partial charge in [-0.15, -0.1) is 0 Å². The van der Waals surface area contributed by atoms with Crippen LogP contribution in [0.1, 0.15) is 35.9 Å². The SMILES string of the molecule is CCN(CC)C(=S)S[C@H]1C(=O)c2cc(Br)cc(Br)c2O[C@@H]1c1ccccc1. The molecule has 0 unspecified atom stereocenters. The summed E-state index contributed by atoms with van der Waals surface area (Å²) in [5.41, 5.74) is 1.54. The van der Waals surface area contributed by atoms with E-state index in [4.69, 9.17) is 17.0 Å². The molecule has 0 spiro atoms. The van der Waals surface area contributed by atoms with Crippen LogP contribution in [0.4, 0.5) is 0 Å². The summed E-state index contributed by atoms with van der Waals surface area (Å²) in [6.07, 6.45) is -0.401. The van der Waals surface area contributed by atoms with Crippen molar-refractivity contribution in [2.45, 2.75) is 25.2 Å². The number of Topliss-reactive ketones (excluding diaryl/α,β-unsaturated/α-hetero) is 1. The number of ketones is 1. The number of carbonyl (C=O) groups excluding carboxylic acids is 1. The molecule has 0 bridgehead atoms. The van der Waals surface area contributed by atoms with Crippen molar-refractivity contribution in [2.24, 2.45) is 0 Å². The monoisotopic (exact) mass is 527 g/mol. The van der Waals surface area contributed by atoms with Crippen LogP contribution in [0.2, 0.25) is 0 Å². The molecule has 2 atom stereocenters. The predicted octanol–water partition coefficient (Wildman–Crippen LogP) is 6.26. The van der Waals surface area contributed by atoms with Crippen molar-refractivity contribution in [1.29, 1.82) is 0 Å². The topological polar surface area (TPSA) is 29.5 Å². The maximum atomic E-state index is 13.4. The Balaban J connectivity index is 2.03. The molecule has 0 saturated carbocycles. The number of nitrogens with zero attached hydrogens (tertiary/aromatic N) is 1. The number of hydrogen-bond acceptors (Lipinski definition) is 4. The fraction of sp³-hybridized carbons (Fsp3) is 0.300. The Labute approximate surface area is 186 Å². The summed E-state index contributed by atoms with van der Waals surface area (Å²) in [5.74, 6) is 0.620.